The third-order valence-corrected chi connectivity index (χ3v) is 8.03. The van der Waals surface area contributed by atoms with Crippen LogP contribution in [0.15, 0.2) is 108 Å². The van der Waals surface area contributed by atoms with E-state index in [4.69, 9.17) is 13.5 Å². The highest BCUT2D eigenvalue weighted by Crippen LogP contribution is 2.41. The molecule has 0 aliphatic carbocycles. The molecule has 0 N–H and O–H groups in total. The van der Waals surface area contributed by atoms with Crippen LogP contribution in [0.1, 0.15) is 60.3 Å². The minimum atomic E-state index is -2.20. The zero-order valence-corrected chi connectivity index (χ0v) is 23.8. The fourth-order valence-corrected chi connectivity index (χ4v) is 5.98. The predicted molar refractivity (Wildman–Crippen MR) is 172 cm³/mol. The lowest BCUT2D eigenvalue weighted by Crippen LogP contribution is -2.09. The Morgan fingerprint density at radius 3 is 2.02 bits per heavy atom. The molecule has 0 spiro atoms. The van der Waals surface area contributed by atoms with Crippen molar-refractivity contribution in [3.63, 3.8) is 0 Å². The first kappa shape index (κ1) is 22.1. The van der Waals surface area contributed by atoms with Gasteiger partial charge in [-0.25, -0.2) is 4.98 Å². The average molecular weight is 538 g/mol. The molecule has 41 heavy (non-hydrogen) atoms. The van der Waals surface area contributed by atoms with Crippen molar-refractivity contribution in [1.82, 2.24) is 9.55 Å². The van der Waals surface area contributed by atoms with Gasteiger partial charge in [-0.2, -0.15) is 0 Å². The molecule has 0 amide bonds. The Balaban J connectivity index is 1.53. The fraction of sp³-hybridized carbons (Fsp3) is 0.184. The lowest BCUT2D eigenvalue weighted by molar-refractivity contribution is 0.669. The number of aryl methyl sites for hydroxylation is 1. The highest BCUT2D eigenvalue weighted by molar-refractivity contribution is 6.06. The van der Waals surface area contributed by atoms with Crippen molar-refractivity contribution in [2.75, 3.05) is 0 Å². The Kier molecular flexibility index (Phi) is 5.27. The number of para-hydroxylation sites is 2. The molecular formula is C38H34N2O. The van der Waals surface area contributed by atoms with Crippen LogP contribution in [0.2, 0.25) is 0 Å². The lowest BCUT2D eigenvalue weighted by Gasteiger charge is -2.24. The molecule has 0 bridgehead atoms. The molecule has 0 radical (unpaired) electrons. The van der Waals surface area contributed by atoms with E-state index in [9.17, 15) is 0 Å². The predicted octanol–water partition coefficient (Wildman–Crippen LogP) is 10.8. The molecule has 2 aromatic heterocycles. The van der Waals surface area contributed by atoms with Crippen molar-refractivity contribution < 1.29 is 8.53 Å². The van der Waals surface area contributed by atoms with Gasteiger partial charge in [0.15, 0.2) is 0 Å². The Morgan fingerprint density at radius 2 is 1.32 bits per heavy atom. The second kappa shape index (κ2) is 9.78. The summed E-state index contributed by atoms with van der Waals surface area (Å²) in [7, 11) is 0. The van der Waals surface area contributed by atoms with Crippen LogP contribution in [-0.2, 0) is 0 Å². The molecule has 0 aliphatic heterocycles. The van der Waals surface area contributed by atoms with Crippen LogP contribution in [0.3, 0.4) is 0 Å². The standard InChI is InChI=1S/C38H34N2O/c1-23(2)29-21-28(26-11-7-6-8-12-26)22-30(24(3)4)37(29)40-34-14-10-9-13-33(34)39-38(40)27-16-18-36-32(20-27)31-19-25(5)15-17-35(31)41-36/h6-24H,1-5H3/i5D3. The van der Waals surface area contributed by atoms with Gasteiger partial charge in [-0.3, -0.25) is 4.57 Å². The van der Waals surface area contributed by atoms with Crippen molar-refractivity contribution in [3.8, 4) is 28.2 Å². The highest BCUT2D eigenvalue weighted by Gasteiger charge is 2.24. The van der Waals surface area contributed by atoms with Gasteiger partial charge in [0.1, 0.15) is 17.0 Å². The molecule has 0 saturated heterocycles. The van der Waals surface area contributed by atoms with Gasteiger partial charge < -0.3 is 4.42 Å². The van der Waals surface area contributed by atoms with Crippen molar-refractivity contribution in [1.29, 1.82) is 0 Å². The third kappa shape index (κ3) is 4.24. The van der Waals surface area contributed by atoms with E-state index >= 15 is 0 Å². The third-order valence-electron chi connectivity index (χ3n) is 8.03. The summed E-state index contributed by atoms with van der Waals surface area (Å²) >= 11 is 0. The van der Waals surface area contributed by atoms with Crippen LogP contribution >= 0.6 is 0 Å². The van der Waals surface area contributed by atoms with Crippen molar-refractivity contribution >= 4 is 33.0 Å². The molecule has 0 fully saturated rings. The van der Waals surface area contributed by atoms with Crippen molar-refractivity contribution in [2.24, 2.45) is 0 Å². The second-order valence-electron chi connectivity index (χ2n) is 11.5. The molecule has 2 heterocycles. The number of aromatic nitrogens is 2. The summed E-state index contributed by atoms with van der Waals surface area (Å²) in [5.41, 5.74) is 10.7. The SMILES string of the molecule is [2H]C([2H])([2H])c1ccc2oc3ccc(-c4nc5ccccc5n4-c4c(C(C)C)cc(-c5ccccc5)cc4C(C)C)cc3c2c1. The van der Waals surface area contributed by atoms with Gasteiger partial charge in [0, 0.05) is 20.4 Å². The molecule has 3 heteroatoms. The lowest BCUT2D eigenvalue weighted by atomic mass is 9.88. The van der Waals surface area contributed by atoms with E-state index < -0.39 is 6.85 Å². The smallest absolute Gasteiger partial charge is 0.145 e. The molecule has 7 rings (SSSR count). The Bertz CT molecular complexity index is 2140. The molecule has 3 nitrogen and oxygen atoms in total. The van der Waals surface area contributed by atoms with E-state index in [0.29, 0.717) is 16.7 Å². The maximum Gasteiger partial charge on any atom is 0.145 e. The van der Waals surface area contributed by atoms with Crippen molar-refractivity contribution in [2.45, 2.75) is 46.4 Å². The van der Waals surface area contributed by atoms with Gasteiger partial charge in [-0.1, -0.05) is 81.8 Å². The fourth-order valence-electron chi connectivity index (χ4n) is 5.98. The van der Waals surface area contributed by atoms with Gasteiger partial charge in [0.2, 0.25) is 0 Å². The van der Waals surface area contributed by atoms with Gasteiger partial charge in [0.05, 0.1) is 16.7 Å². The van der Waals surface area contributed by atoms with E-state index in [1.54, 1.807) is 18.2 Å². The summed E-state index contributed by atoms with van der Waals surface area (Å²) < 4.78 is 32.3. The van der Waals surface area contributed by atoms with Crippen LogP contribution < -0.4 is 0 Å². The molecule has 0 aliphatic rings. The van der Waals surface area contributed by atoms with E-state index in [2.05, 4.69) is 105 Å². The molecule has 0 atom stereocenters. The molecule has 7 aromatic rings. The quantitative estimate of drug-likeness (QED) is 0.219. The van der Waals surface area contributed by atoms with Crippen LogP contribution in [0, 0.1) is 6.85 Å². The van der Waals surface area contributed by atoms with Gasteiger partial charge in [0.25, 0.3) is 0 Å². The molecule has 0 unspecified atom stereocenters. The zero-order chi connectivity index (χ0) is 30.7. The number of rotatable bonds is 5. The maximum absolute atomic E-state index is 7.94. The first-order valence-electron chi connectivity index (χ1n) is 15.8. The van der Waals surface area contributed by atoms with Gasteiger partial charge in [-0.05, 0) is 95.5 Å². The number of nitrogens with zero attached hydrogens (tertiary/aromatic N) is 2. The molecular weight excluding hydrogens is 500 g/mol. The number of imidazole rings is 1. The van der Waals surface area contributed by atoms with E-state index in [1.165, 1.54) is 27.9 Å². The van der Waals surface area contributed by atoms with Crippen LogP contribution in [0.25, 0.3) is 61.2 Å². The first-order chi connectivity index (χ1) is 21.1. The van der Waals surface area contributed by atoms with Crippen molar-refractivity contribution in [3.05, 3.63) is 120 Å². The monoisotopic (exact) mass is 537 g/mol. The number of furan rings is 1. The van der Waals surface area contributed by atoms with Crippen LogP contribution in [0.5, 0.6) is 0 Å². The minimum absolute atomic E-state index is 0.263. The van der Waals surface area contributed by atoms with E-state index in [-0.39, 0.29) is 11.8 Å². The van der Waals surface area contributed by atoms with Gasteiger partial charge in [-0.15, -0.1) is 0 Å². The molecule has 0 saturated carbocycles. The Morgan fingerprint density at radius 1 is 0.659 bits per heavy atom. The zero-order valence-electron chi connectivity index (χ0n) is 26.8. The van der Waals surface area contributed by atoms with E-state index in [1.807, 2.05) is 12.1 Å². The maximum atomic E-state index is 7.94. The summed E-state index contributed by atoms with van der Waals surface area (Å²) in [6.07, 6.45) is 0. The Hall–Kier alpha value is -4.63. The highest BCUT2D eigenvalue weighted by atomic mass is 16.3. The summed E-state index contributed by atoms with van der Waals surface area (Å²) in [6, 6.07) is 34.8. The van der Waals surface area contributed by atoms with Crippen LogP contribution in [-0.4, -0.2) is 9.55 Å². The first-order valence-corrected chi connectivity index (χ1v) is 14.3. The number of fused-ring (bicyclic) bond motifs is 4. The molecule has 5 aromatic carbocycles. The number of hydrogen-bond acceptors (Lipinski definition) is 2. The normalized spacial score (nSPS) is 13.4. The largest absolute Gasteiger partial charge is 0.456 e. The number of hydrogen-bond donors (Lipinski definition) is 0. The van der Waals surface area contributed by atoms with Crippen LogP contribution in [0.4, 0.5) is 0 Å². The minimum Gasteiger partial charge on any atom is -0.456 e. The second-order valence-corrected chi connectivity index (χ2v) is 11.5. The average Bonchev–Trinajstić information content (AvgIpc) is 3.58. The van der Waals surface area contributed by atoms with Gasteiger partial charge >= 0.3 is 0 Å². The van der Waals surface area contributed by atoms with E-state index in [0.717, 1.165) is 33.2 Å². The summed E-state index contributed by atoms with van der Waals surface area (Å²) in [4.78, 5) is 5.21. The number of benzene rings is 5. The summed E-state index contributed by atoms with van der Waals surface area (Å²) in [6.45, 7) is 6.81. The topological polar surface area (TPSA) is 31.0 Å². The summed E-state index contributed by atoms with van der Waals surface area (Å²) in [5, 5.41) is 1.66. The molecule has 202 valence electrons. The Labute approximate surface area is 245 Å². The summed E-state index contributed by atoms with van der Waals surface area (Å²) in [5.74, 6) is 1.36.